The molecule has 1 unspecified atom stereocenters. The van der Waals surface area contributed by atoms with Gasteiger partial charge >= 0.3 is 0 Å². The van der Waals surface area contributed by atoms with Crippen LogP contribution in [-0.2, 0) is 0 Å². The summed E-state index contributed by atoms with van der Waals surface area (Å²) in [5.41, 5.74) is 0. The van der Waals surface area contributed by atoms with Crippen LogP contribution in [0.3, 0.4) is 0 Å². The third-order valence-electron chi connectivity index (χ3n) is 4.93. The van der Waals surface area contributed by atoms with Crippen molar-refractivity contribution in [2.75, 3.05) is 13.2 Å². The summed E-state index contributed by atoms with van der Waals surface area (Å²) in [6.45, 7) is 0.934. The molecule has 3 nitrogen and oxygen atoms in total. The van der Waals surface area contributed by atoms with Gasteiger partial charge in [0.2, 0.25) is 0 Å². The lowest BCUT2D eigenvalue weighted by Crippen LogP contribution is -2.38. The molecular formula is C21H29NO2. The van der Waals surface area contributed by atoms with Crippen molar-refractivity contribution in [3.05, 3.63) is 42.5 Å². The molecule has 0 bridgehead atoms. The number of fused-ring (bicyclic) bond motifs is 1. The molecule has 0 aromatic heterocycles. The smallest absolute Gasteiger partial charge is 0.127 e. The Morgan fingerprint density at radius 2 is 1.67 bits per heavy atom. The first-order valence-corrected chi connectivity index (χ1v) is 9.35. The molecule has 1 aliphatic rings. The van der Waals surface area contributed by atoms with Gasteiger partial charge < -0.3 is 15.2 Å². The maximum atomic E-state index is 10.3. The normalized spacial score (nSPS) is 18.0. The molecule has 24 heavy (non-hydrogen) atoms. The summed E-state index contributed by atoms with van der Waals surface area (Å²) in [6.07, 6.45) is 8.69. The van der Waals surface area contributed by atoms with Crippen LogP contribution in [0.4, 0.5) is 0 Å². The van der Waals surface area contributed by atoms with Gasteiger partial charge in [-0.2, -0.15) is 0 Å². The van der Waals surface area contributed by atoms with E-state index >= 15 is 0 Å². The van der Waals surface area contributed by atoms with Crippen molar-refractivity contribution in [1.82, 2.24) is 5.32 Å². The van der Waals surface area contributed by atoms with Gasteiger partial charge in [0, 0.05) is 18.0 Å². The van der Waals surface area contributed by atoms with E-state index in [0.717, 1.165) is 16.5 Å². The molecule has 1 aliphatic carbocycles. The molecule has 0 amide bonds. The monoisotopic (exact) mass is 327 g/mol. The first kappa shape index (κ1) is 17.2. The summed E-state index contributed by atoms with van der Waals surface area (Å²) in [5, 5.41) is 16.0. The Kier molecular flexibility index (Phi) is 6.50. The summed E-state index contributed by atoms with van der Waals surface area (Å²) in [4.78, 5) is 0. The molecule has 0 heterocycles. The maximum absolute atomic E-state index is 10.3. The van der Waals surface area contributed by atoms with Crippen molar-refractivity contribution in [2.45, 2.75) is 57.1 Å². The van der Waals surface area contributed by atoms with Crippen molar-refractivity contribution in [3.63, 3.8) is 0 Å². The Balaban J connectivity index is 1.47. The highest BCUT2D eigenvalue weighted by atomic mass is 16.5. The molecule has 3 rings (SSSR count). The van der Waals surface area contributed by atoms with E-state index in [4.69, 9.17) is 4.74 Å². The summed E-state index contributed by atoms with van der Waals surface area (Å²) in [6, 6.07) is 14.8. The van der Waals surface area contributed by atoms with E-state index < -0.39 is 6.10 Å². The predicted molar refractivity (Wildman–Crippen MR) is 99.6 cm³/mol. The van der Waals surface area contributed by atoms with Gasteiger partial charge in [-0.15, -0.1) is 0 Å². The minimum absolute atomic E-state index is 0.327. The lowest BCUT2D eigenvalue weighted by molar-refractivity contribution is 0.103. The molecule has 0 saturated heterocycles. The number of ether oxygens (including phenoxy) is 1. The zero-order valence-electron chi connectivity index (χ0n) is 14.4. The first-order chi connectivity index (χ1) is 11.8. The largest absolute Gasteiger partial charge is 0.490 e. The highest BCUT2D eigenvalue weighted by molar-refractivity contribution is 5.88. The number of nitrogens with one attached hydrogen (secondary N) is 1. The molecule has 0 radical (unpaired) electrons. The lowest BCUT2D eigenvalue weighted by atomic mass is 9.96. The van der Waals surface area contributed by atoms with Crippen LogP contribution >= 0.6 is 0 Å². The third-order valence-corrected chi connectivity index (χ3v) is 4.93. The van der Waals surface area contributed by atoms with Gasteiger partial charge in [0.15, 0.2) is 0 Å². The van der Waals surface area contributed by atoms with Crippen LogP contribution in [-0.4, -0.2) is 30.4 Å². The maximum Gasteiger partial charge on any atom is 0.127 e. The van der Waals surface area contributed by atoms with E-state index in [0.29, 0.717) is 19.2 Å². The van der Waals surface area contributed by atoms with Gasteiger partial charge in [0.05, 0.1) is 0 Å². The van der Waals surface area contributed by atoms with Crippen LogP contribution in [0.1, 0.15) is 44.9 Å². The molecule has 1 atom stereocenters. The average molecular weight is 327 g/mol. The van der Waals surface area contributed by atoms with Crippen LogP contribution in [0.15, 0.2) is 42.5 Å². The molecule has 1 fully saturated rings. The van der Waals surface area contributed by atoms with Crippen molar-refractivity contribution in [3.8, 4) is 5.75 Å². The number of benzene rings is 2. The Hall–Kier alpha value is -1.58. The van der Waals surface area contributed by atoms with Gasteiger partial charge in [0.1, 0.15) is 18.5 Å². The van der Waals surface area contributed by atoms with E-state index in [2.05, 4.69) is 23.5 Å². The van der Waals surface area contributed by atoms with Gasteiger partial charge in [-0.3, -0.25) is 0 Å². The van der Waals surface area contributed by atoms with E-state index in [1.54, 1.807) is 0 Å². The summed E-state index contributed by atoms with van der Waals surface area (Å²) < 4.78 is 5.88. The fourth-order valence-electron chi connectivity index (χ4n) is 3.53. The van der Waals surface area contributed by atoms with E-state index in [1.807, 2.05) is 24.3 Å². The molecule has 3 heteroatoms. The Morgan fingerprint density at radius 1 is 0.958 bits per heavy atom. The van der Waals surface area contributed by atoms with Crippen molar-refractivity contribution < 1.29 is 9.84 Å². The highest BCUT2D eigenvalue weighted by Crippen LogP contribution is 2.25. The Labute approximate surface area is 145 Å². The zero-order chi connectivity index (χ0) is 16.6. The minimum Gasteiger partial charge on any atom is -0.490 e. The molecular weight excluding hydrogens is 298 g/mol. The topological polar surface area (TPSA) is 41.5 Å². The molecule has 0 spiro atoms. The Morgan fingerprint density at radius 3 is 2.50 bits per heavy atom. The minimum atomic E-state index is -0.477. The summed E-state index contributed by atoms with van der Waals surface area (Å²) in [5.74, 6) is 0.845. The fraction of sp³-hybridized carbons (Fsp3) is 0.524. The summed E-state index contributed by atoms with van der Waals surface area (Å²) in [7, 11) is 0. The van der Waals surface area contributed by atoms with Gasteiger partial charge in [-0.25, -0.2) is 0 Å². The van der Waals surface area contributed by atoms with Crippen molar-refractivity contribution in [1.29, 1.82) is 0 Å². The van der Waals surface area contributed by atoms with Crippen molar-refractivity contribution in [2.24, 2.45) is 0 Å². The number of hydrogen-bond acceptors (Lipinski definition) is 3. The number of aliphatic hydroxyl groups excluding tert-OH is 1. The van der Waals surface area contributed by atoms with Crippen LogP contribution in [0, 0.1) is 0 Å². The van der Waals surface area contributed by atoms with Crippen molar-refractivity contribution >= 4 is 10.8 Å². The van der Waals surface area contributed by atoms with E-state index in [1.165, 1.54) is 44.9 Å². The van der Waals surface area contributed by atoms with Crippen LogP contribution in [0.2, 0.25) is 0 Å². The van der Waals surface area contributed by atoms with Gasteiger partial charge in [-0.1, -0.05) is 68.5 Å². The molecule has 0 aliphatic heterocycles. The van der Waals surface area contributed by atoms with E-state index in [-0.39, 0.29) is 0 Å². The number of hydrogen-bond donors (Lipinski definition) is 2. The van der Waals surface area contributed by atoms with Gasteiger partial charge in [-0.05, 0) is 24.3 Å². The standard InChI is InChI=1S/C21H29NO2/c23-19(15-22-18-11-4-2-1-3-5-12-18)16-24-21-14-8-10-17-9-6-7-13-20(17)21/h6-10,13-14,18-19,22-23H,1-5,11-12,15-16H2. The quantitative estimate of drug-likeness (QED) is 0.832. The second-order valence-electron chi connectivity index (χ2n) is 6.89. The number of aliphatic hydroxyl groups is 1. The Bertz CT molecular complexity index is 615. The molecule has 130 valence electrons. The lowest BCUT2D eigenvalue weighted by Gasteiger charge is -2.23. The van der Waals surface area contributed by atoms with Crippen LogP contribution in [0.5, 0.6) is 5.75 Å². The van der Waals surface area contributed by atoms with E-state index in [9.17, 15) is 5.11 Å². The molecule has 2 N–H and O–H groups in total. The van der Waals surface area contributed by atoms with Gasteiger partial charge in [0.25, 0.3) is 0 Å². The second kappa shape index (κ2) is 9.05. The van der Waals surface area contributed by atoms with Crippen LogP contribution in [0.25, 0.3) is 10.8 Å². The second-order valence-corrected chi connectivity index (χ2v) is 6.89. The molecule has 1 saturated carbocycles. The first-order valence-electron chi connectivity index (χ1n) is 9.35. The highest BCUT2D eigenvalue weighted by Gasteiger charge is 2.13. The average Bonchev–Trinajstić information content (AvgIpc) is 2.59. The zero-order valence-corrected chi connectivity index (χ0v) is 14.4. The van der Waals surface area contributed by atoms with Crippen LogP contribution < -0.4 is 10.1 Å². The molecule has 2 aromatic carbocycles. The fourth-order valence-corrected chi connectivity index (χ4v) is 3.53. The SMILES string of the molecule is OC(CNC1CCCCCCC1)COc1cccc2ccccc12. The predicted octanol–water partition coefficient (Wildman–Crippen LogP) is 4.28. The number of rotatable bonds is 6. The summed E-state index contributed by atoms with van der Waals surface area (Å²) >= 11 is 0. The third kappa shape index (κ3) is 4.96. The molecule has 2 aromatic rings.